The predicted octanol–water partition coefficient (Wildman–Crippen LogP) is 5.71. The van der Waals surface area contributed by atoms with Crippen LogP contribution in [0.5, 0.6) is 5.75 Å². The molecule has 6 nitrogen and oxygen atoms in total. The third-order valence-corrected chi connectivity index (χ3v) is 6.98. The topological polar surface area (TPSA) is 87.7 Å². The summed E-state index contributed by atoms with van der Waals surface area (Å²) in [5, 5.41) is 17.5. The minimum atomic E-state index is -1.07. The first-order valence-electron chi connectivity index (χ1n) is 12.6. The number of rotatable bonds is 8. The van der Waals surface area contributed by atoms with E-state index in [1.165, 1.54) is 16.3 Å². The highest BCUT2D eigenvalue weighted by atomic mass is 35.5. The number of carbonyl (C=O) groups is 2. The van der Waals surface area contributed by atoms with Gasteiger partial charge in [0.05, 0.1) is 0 Å². The van der Waals surface area contributed by atoms with Gasteiger partial charge in [0.2, 0.25) is 0 Å². The van der Waals surface area contributed by atoms with E-state index in [9.17, 15) is 9.59 Å². The van der Waals surface area contributed by atoms with E-state index >= 15 is 0 Å². The van der Waals surface area contributed by atoms with Crippen molar-refractivity contribution < 1.29 is 19.4 Å². The van der Waals surface area contributed by atoms with Crippen molar-refractivity contribution in [1.82, 2.24) is 10.6 Å². The number of hydrogen-bond donors (Lipinski definition) is 3. The maximum atomic E-state index is 12.5. The quantitative estimate of drug-likeness (QED) is 0.271. The molecule has 0 saturated heterocycles. The molecule has 7 heteroatoms. The van der Waals surface area contributed by atoms with Gasteiger partial charge in [-0.2, -0.15) is 0 Å². The van der Waals surface area contributed by atoms with Gasteiger partial charge in [-0.25, -0.2) is 0 Å². The van der Waals surface area contributed by atoms with Crippen molar-refractivity contribution in [3.63, 3.8) is 0 Å². The highest BCUT2D eigenvalue weighted by molar-refractivity contribution is 5.96. The van der Waals surface area contributed by atoms with Crippen LogP contribution in [0.15, 0.2) is 91.0 Å². The monoisotopic (exact) mass is 530 g/mol. The Labute approximate surface area is 228 Å². The molecule has 196 valence electrons. The zero-order valence-electron chi connectivity index (χ0n) is 21.1. The molecule has 4 aromatic carbocycles. The minimum Gasteiger partial charge on any atom is -0.489 e. The first-order valence-corrected chi connectivity index (χ1v) is 12.6. The number of carboxylic acid groups (broad SMARTS) is 1. The van der Waals surface area contributed by atoms with Gasteiger partial charge in [-0.05, 0) is 53.4 Å². The molecule has 38 heavy (non-hydrogen) atoms. The van der Waals surface area contributed by atoms with Gasteiger partial charge in [-0.1, -0.05) is 72.8 Å². The Kier molecular flexibility index (Phi) is 8.66. The summed E-state index contributed by atoms with van der Waals surface area (Å²) >= 11 is 0. The van der Waals surface area contributed by atoms with Crippen LogP contribution in [0.1, 0.15) is 52.4 Å². The Morgan fingerprint density at radius 2 is 1.71 bits per heavy atom. The van der Waals surface area contributed by atoms with Gasteiger partial charge in [-0.3, -0.25) is 9.59 Å². The number of benzene rings is 4. The maximum Gasteiger partial charge on any atom is 0.322 e. The van der Waals surface area contributed by atoms with Gasteiger partial charge >= 0.3 is 5.97 Å². The Morgan fingerprint density at radius 1 is 0.974 bits per heavy atom. The van der Waals surface area contributed by atoms with Crippen LogP contribution in [0, 0.1) is 0 Å². The second kappa shape index (κ2) is 12.1. The molecule has 3 atom stereocenters. The molecule has 0 spiro atoms. The molecule has 1 aliphatic heterocycles. The summed E-state index contributed by atoms with van der Waals surface area (Å²) in [6.07, 6.45) is 0.703. The lowest BCUT2D eigenvalue weighted by atomic mass is 9.83. The fourth-order valence-corrected chi connectivity index (χ4v) is 5.13. The Balaban J connectivity index is 0.00000336. The summed E-state index contributed by atoms with van der Waals surface area (Å²) < 4.78 is 6.39. The van der Waals surface area contributed by atoms with Crippen molar-refractivity contribution in [1.29, 1.82) is 0 Å². The third kappa shape index (κ3) is 5.98. The molecule has 0 radical (unpaired) electrons. The molecule has 1 amide bonds. The van der Waals surface area contributed by atoms with E-state index in [0.717, 1.165) is 23.3 Å². The first-order chi connectivity index (χ1) is 18.0. The molecule has 0 bridgehead atoms. The first kappa shape index (κ1) is 27.2. The summed E-state index contributed by atoms with van der Waals surface area (Å²) in [6, 6.07) is 30.4. The summed E-state index contributed by atoms with van der Waals surface area (Å²) in [5.41, 5.74) is 3.79. The number of amides is 1. The Hall–Kier alpha value is -3.87. The van der Waals surface area contributed by atoms with E-state index in [1.807, 2.05) is 36.4 Å². The second-order valence-corrected chi connectivity index (χ2v) is 9.47. The molecule has 0 aromatic heterocycles. The van der Waals surface area contributed by atoms with Crippen molar-refractivity contribution in [2.75, 3.05) is 13.1 Å². The SMILES string of the molecule is C[C@@H](NC[C@H]1C[C@@H](c2cccc(C(=O)NCC(=O)O)c2)c2ccccc2O1)c1cccc2ccccc12.Cl. The Morgan fingerprint density at radius 3 is 2.55 bits per heavy atom. The van der Waals surface area contributed by atoms with Crippen molar-refractivity contribution in [3.05, 3.63) is 113 Å². The van der Waals surface area contributed by atoms with Crippen LogP contribution in [0.4, 0.5) is 0 Å². The van der Waals surface area contributed by atoms with E-state index in [4.69, 9.17) is 9.84 Å². The third-order valence-electron chi connectivity index (χ3n) is 6.98. The average molecular weight is 531 g/mol. The van der Waals surface area contributed by atoms with Crippen molar-refractivity contribution in [2.45, 2.75) is 31.4 Å². The number of carbonyl (C=O) groups excluding carboxylic acids is 1. The fraction of sp³-hybridized carbons (Fsp3) is 0.226. The number of para-hydroxylation sites is 1. The molecule has 0 aliphatic carbocycles. The van der Waals surface area contributed by atoms with E-state index in [2.05, 4.69) is 66.1 Å². The Bertz CT molecular complexity index is 1440. The number of hydrogen-bond acceptors (Lipinski definition) is 4. The van der Waals surface area contributed by atoms with Gasteiger partial charge in [0.15, 0.2) is 0 Å². The lowest BCUT2D eigenvalue weighted by Gasteiger charge is -2.33. The standard InChI is InChI=1S/C31H30N2O4.ClH/c1-20(25-14-7-9-21-8-2-3-12-26(21)25)32-18-24-17-28(27-13-4-5-15-29(27)37-24)22-10-6-11-23(16-22)31(36)33-19-30(34)35;/h2-16,20,24,28,32H,17-19H2,1H3,(H,33,36)(H,34,35);1H/t20-,24-,28+;/m1./s1. The molecule has 5 rings (SSSR count). The number of aliphatic carboxylic acids is 1. The van der Waals surface area contributed by atoms with Crippen molar-refractivity contribution in [2.24, 2.45) is 0 Å². The van der Waals surface area contributed by atoms with Crippen LogP contribution in [-0.4, -0.2) is 36.2 Å². The minimum absolute atomic E-state index is 0. The fourth-order valence-electron chi connectivity index (χ4n) is 5.13. The van der Waals surface area contributed by atoms with Gasteiger partial charge < -0.3 is 20.5 Å². The van der Waals surface area contributed by atoms with Crippen LogP contribution < -0.4 is 15.4 Å². The molecular formula is C31H31ClN2O4. The van der Waals surface area contributed by atoms with Crippen LogP contribution in [0.25, 0.3) is 10.8 Å². The predicted molar refractivity (Wildman–Crippen MR) is 151 cm³/mol. The number of fused-ring (bicyclic) bond motifs is 2. The summed E-state index contributed by atoms with van der Waals surface area (Å²) in [4.78, 5) is 23.3. The van der Waals surface area contributed by atoms with Crippen LogP contribution in [-0.2, 0) is 4.79 Å². The molecule has 0 saturated carbocycles. The van der Waals surface area contributed by atoms with Gasteiger partial charge in [-0.15, -0.1) is 12.4 Å². The summed E-state index contributed by atoms with van der Waals surface area (Å²) in [5.74, 6) is -0.566. The van der Waals surface area contributed by atoms with Crippen LogP contribution in [0.3, 0.4) is 0 Å². The lowest BCUT2D eigenvalue weighted by molar-refractivity contribution is -0.135. The van der Waals surface area contributed by atoms with E-state index in [1.54, 1.807) is 6.07 Å². The molecule has 1 aliphatic rings. The lowest BCUT2D eigenvalue weighted by Crippen LogP contribution is -2.37. The molecule has 0 fully saturated rings. The second-order valence-electron chi connectivity index (χ2n) is 9.47. The smallest absolute Gasteiger partial charge is 0.322 e. The number of ether oxygens (including phenoxy) is 1. The van der Waals surface area contributed by atoms with Crippen LogP contribution >= 0.6 is 12.4 Å². The number of halogens is 1. The van der Waals surface area contributed by atoms with Gasteiger partial charge in [0.1, 0.15) is 18.4 Å². The highest BCUT2D eigenvalue weighted by Gasteiger charge is 2.30. The molecule has 3 N–H and O–H groups in total. The van der Waals surface area contributed by atoms with Gasteiger partial charge in [0, 0.05) is 29.6 Å². The zero-order chi connectivity index (χ0) is 25.8. The molecule has 1 heterocycles. The van der Waals surface area contributed by atoms with Crippen LogP contribution in [0.2, 0.25) is 0 Å². The average Bonchev–Trinajstić information content (AvgIpc) is 2.93. The summed E-state index contributed by atoms with van der Waals surface area (Å²) in [7, 11) is 0. The normalized spacial score (nSPS) is 17.0. The van der Waals surface area contributed by atoms with E-state index < -0.39 is 18.4 Å². The molecule has 0 unspecified atom stereocenters. The maximum absolute atomic E-state index is 12.5. The number of carboxylic acids is 1. The molecule has 4 aromatic rings. The van der Waals surface area contributed by atoms with Gasteiger partial charge in [0.25, 0.3) is 5.91 Å². The van der Waals surface area contributed by atoms with Crippen molar-refractivity contribution >= 4 is 35.1 Å². The van der Waals surface area contributed by atoms with E-state index in [0.29, 0.717) is 12.1 Å². The largest absolute Gasteiger partial charge is 0.489 e. The summed E-state index contributed by atoms with van der Waals surface area (Å²) in [6.45, 7) is 2.44. The molecular weight excluding hydrogens is 500 g/mol. The highest BCUT2D eigenvalue weighted by Crippen LogP contribution is 2.40. The number of nitrogens with one attached hydrogen (secondary N) is 2. The zero-order valence-corrected chi connectivity index (χ0v) is 21.9. The van der Waals surface area contributed by atoms with Crippen molar-refractivity contribution in [3.8, 4) is 5.75 Å². The van der Waals surface area contributed by atoms with E-state index in [-0.39, 0.29) is 30.5 Å².